The van der Waals surface area contributed by atoms with Crippen molar-refractivity contribution in [1.29, 1.82) is 0 Å². The molecule has 1 aliphatic rings. The number of benzene rings is 2. The number of carbonyl (C=O) groups excluding carboxylic acids is 1. The first-order valence-electron chi connectivity index (χ1n) is 8.43. The van der Waals surface area contributed by atoms with E-state index in [2.05, 4.69) is 15.9 Å². The van der Waals surface area contributed by atoms with Crippen LogP contribution in [0, 0.1) is 10.1 Å². The quantitative estimate of drug-likeness (QED) is 0.405. The lowest BCUT2D eigenvalue weighted by Gasteiger charge is -2.39. The van der Waals surface area contributed by atoms with E-state index in [4.69, 9.17) is 4.84 Å². The number of hydrogen-bond donors (Lipinski definition) is 0. The fourth-order valence-electron chi connectivity index (χ4n) is 3.22. The molecule has 1 fully saturated rings. The number of aldehydes is 1. The molecule has 3 atom stereocenters. The molecule has 0 saturated carbocycles. The Kier molecular flexibility index (Phi) is 6.00. The molecule has 26 heavy (non-hydrogen) atoms. The lowest BCUT2D eigenvalue weighted by Crippen LogP contribution is -2.53. The van der Waals surface area contributed by atoms with E-state index in [1.807, 2.05) is 54.6 Å². The summed E-state index contributed by atoms with van der Waals surface area (Å²) < 4.78 is 0.900. The highest BCUT2D eigenvalue weighted by atomic mass is 79.9. The van der Waals surface area contributed by atoms with Crippen LogP contribution in [0.1, 0.15) is 18.4 Å². The molecular formula is C19H19BrN2O4. The molecule has 1 unspecified atom stereocenters. The SMILES string of the molecule is O=C[C@H]1CC[C@H](C(Cc2ccccc2)[N+](=O)[O-])N(c2ccc(Br)cc2)O1. The van der Waals surface area contributed by atoms with Crippen LogP contribution in [0.3, 0.4) is 0 Å². The number of nitro groups is 1. The van der Waals surface area contributed by atoms with E-state index in [0.717, 1.165) is 16.3 Å². The predicted molar refractivity (Wildman–Crippen MR) is 102 cm³/mol. The highest BCUT2D eigenvalue weighted by Crippen LogP contribution is 2.31. The Bertz CT molecular complexity index is 754. The Morgan fingerprint density at radius 3 is 2.50 bits per heavy atom. The molecule has 0 N–H and O–H groups in total. The van der Waals surface area contributed by atoms with E-state index < -0.39 is 18.2 Å². The summed E-state index contributed by atoms with van der Waals surface area (Å²) in [5.41, 5.74) is 1.60. The molecule has 1 saturated heterocycles. The summed E-state index contributed by atoms with van der Waals surface area (Å²) >= 11 is 3.38. The second-order valence-electron chi connectivity index (χ2n) is 6.27. The van der Waals surface area contributed by atoms with Crippen LogP contribution in [0.5, 0.6) is 0 Å². The molecular weight excluding hydrogens is 400 g/mol. The Morgan fingerprint density at radius 2 is 1.88 bits per heavy atom. The van der Waals surface area contributed by atoms with Gasteiger partial charge in [0.2, 0.25) is 6.04 Å². The second-order valence-corrected chi connectivity index (χ2v) is 7.18. The van der Waals surface area contributed by atoms with Crippen LogP contribution in [-0.2, 0) is 16.1 Å². The molecule has 0 spiro atoms. The minimum atomic E-state index is -0.839. The van der Waals surface area contributed by atoms with Crippen molar-refractivity contribution in [2.24, 2.45) is 0 Å². The molecule has 2 aromatic carbocycles. The molecule has 3 rings (SSSR count). The summed E-state index contributed by atoms with van der Waals surface area (Å²) in [6.45, 7) is 0. The van der Waals surface area contributed by atoms with Gasteiger partial charge in [0, 0.05) is 15.8 Å². The third kappa shape index (κ3) is 4.28. The highest BCUT2D eigenvalue weighted by Gasteiger charge is 2.41. The van der Waals surface area contributed by atoms with Crippen molar-refractivity contribution in [1.82, 2.24) is 0 Å². The van der Waals surface area contributed by atoms with Gasteiger partial charge in [0.25, 0.3) is 0 Å². The smallest absolute Gasteiger partial charge is 0.239 e. The molecule has 0 bridgehead atoms. The van der Waals surface area contributed by atoms with Crippen LogP contribution < -0.4 is 5.06 Å². The fourth-order valence-corrected chi connectivity index (χ4v) is 3.48. The first kappa shape index (κ1) is 18.5. The second kappa shape index (κ2) is 8.42. The molecule has 0 amide bonds. The number of halogens is 1. The van der Waals surface area contributed by atoms with Crippen molar-refractivity contribution in [3.8, 4) is 0 Å². The van der Waals surface area contributed by atoms with Crippen molar-refractivity contribution in [3.05, 3.63) is 74.7 Å². The number of carbonyl (C=O) groups is 1. The van der Waals surface area contributed by atoms with E-state index in [9.17, 15) is 14.9 Å². The maximum atomic E-state index is 11.8. The number of rotatable bonds is 6. The normalized spacial score (nSPS) is 21.2. The van der Waals surface area contributed by atoms with Gasteiger partial charge in [-0.2, -0.15) is 0 Å². The van der Waals surface area contributed by atoms with Gasteiger partial charge in [0.15, 0.2) is 6.29 Å². The van der Waals surface area contributed by atoms with Crippen LogP contribution in [0.4, 0.5) is 5.69 Å². The van der Waals surface area contributed by atoms with Crippen LogP contribution >= 0.6 is 15.9 Å². The van der Waals surface area contributed by atoms with Gasteiger partial charge in [0.05, 0.1) is 5.69 Å². The largest absolute Gasteiger partial charge is 0.300 e. The third-order valence-electron chi connectivity index (χ3n) is 4.53. The summed E-state index contributed by atoms with van der Waals surface area (Å²) in [5, 5.41) is 13.4. The topological polar surface area (TPSA) is 72.7 Å². The van der Waals surface area contributed by atoms with Gasteiger partial charge in [-0.15, -0.1) is 0 Å². The van der Waals surface area contributed by atoms with Crippen molar-refractivity contribution in [2.45, 2.75) is 37.5 Å². The average Bonchev–Trinajstić information content (AvgIpc) is 2.67. The van der Waals surface area contributed by atoms with Crippen molar-refractivity contribution in [2.75, 3.05) is 5.06 Å². The third-order valence-corrected chi connectivity index (χ3v) is 5.06. The summed E-state index contributed by atoms with van der Waals surface area (Å²) in [5.74, 6) is 0. The molecule has 1 heterocycles. The average molecular weight is 419 g/mol. The Hall–Kier alpha value is -2.25. The predicted octanol–water partition coefficient (Wildman–Crippen LogP) is 3.81. The molecule has 0 radical (unpaired) electrons. The van der Waals surface area contributed by atoms with Crippen molar-refractivity contribution < 1.29 is 14.6 Å². The zero-order valence-electron chi connectivity index (χ0n) is 14.0. The minimum Gasteiger partial charge on any atom is -0.300 e. The van der Waals surface area contributed by atoms with E-state index in [-0.39, 0.29) is 4.92 Å². The number of nitrogens with zero attached hydrogens (tertiary/aromatic N) is 2. The fraction of sp³-hybridized carbons (Fsp3) is 0.316. The molecule has 0 aliphatic carbocycles. The standard InChI is InChI=1S/C19H19BrN2O4/c20-15-6-8-16(9-7-15)21-18(11-10-17(13-23)26-21)19(22(24)25)12-14-4-2-1-3-5-14/h1-9,13,17-19H,10-12H2/t17-,18-,19?/m1/s1. The first-order valence-corrected chi connectivity index (χ1v) is 9.22. The lowest BCUT2D eigenvalue weighted by atomic mass is 9.93. The number of hydrogen-bond acceptors (Lipinski definition) is 5. The highest BCUT2D eigenvalue weighted by molar-refractivity contribution is 9.10. The monoisotopic (exact) mass is 418 g/mol. The zero-order chi connectivity index (χ0) is 18.5. The summed E-state index contributed by atoms with van der Waals surface area (Å²) in [6.07, 6.45) is 1.46. The Balaban J connectivity index is 1.90. The minimum absolute atomic E-state index is 0.242. The van der Waals surface area contributed by atoms with Gasteiger partial charge in [-0.25, -0.2) is 5.06 Å². The van der Waals surface area contributed by atoms with Crippen LogP contribution in [-0.4, -0.2) is 29.4 Å². The van der Waals surface area contributed by atoms with Crippen LogP contribution in [0.2, 0.25) is 0 Å². The van der Waals surface area contributed by atoms with Gasteiger partial charge in [-0.05, 0) is 42.7 Å². The molecule has 6 nitrogen and oxygen atoms in total. The maximum absolute atomic E-state index is 11.8. The molecule has 0 aromatic heterocycles. The molecule has 136 valence electrons. The summed E-state index contributed by atoms with van der Waals surface area (Å²) in [6, 6.07) is 15.5. The zero-order valence-corrected chi connectivity index (χ0v) is 15.6. The van der Waals surface area contributed by atoms with Crippen molar-refractivity contribution in [3.63, 3.8) is 0 Å². The molecule has 2 aromatic rings. The van der Waals surface area contributed by atoms with Crippen molar-refractivity contribution >= 4 is 27.9 Å². The van der Waals surface area contributed by atoms with Gasteiger partial charge in [-0.1, -0.05) is 46.3 Å². The van der Waals surface area contributed by atoms with Gasteiger partial charge >= 0.3 is 0 Å². The van der Waals surface area contributed by atoms with Gasteiger partial charge in [-0.3, -0.25) is 15.0 Å². The summed E-state index contributed by atoms with van der Waals surface area (Å²) in [4.78, 5) is 28.6. The Morgan fingerprint density at radius 1 is 1.19 bits per heavy atom. The summed E-state index contributed by atoms with van der Waals surface area (Å²) in [7, 11) is 0. The Labute approximate surface area is 160 Å². The maximum Gasteiger partial charge on any atom is 0.239 e. The first-order chi connectivity index (χ1) is 12.6. The van der Waals surface area contributed by atoms with E-state index >= 15 is 0 Å². The molecule has 7 heteroatoms. The molecule has 1 aliphatic heterocycles. The van der Waals surface area contributed by atoms with Gasteiger partial charge in [0.1, 0.15) is 12.1 Å². The van der Waals surface area contributed by atoms with Crippen LogP contribution in [0.25, 0.3) is 0 Å². The van der Waals surface area contributed by atoms with Gasteiger partial charge < -0.3 is 4.79 Å². The van der Waals surface area contributed by atoms with E-state index in [1.165, 1.54) is 0 Å². The number of anilines is 1. The lowest BCUT2D eigenvalue weighted by molar-refractivity contribution is -0.527. The van der Waals surface area contributed by atoms with Crippen LogP contribution in [0.15, 0.2) is 59.1 Å². The van der Waals surface area contributed by atoms with E-state index in [0.29, 0.717) is 24.9 Å². The number of hydroxylamine groups is 1. The van der Waals surface area contributed by atoms with E-state index in [1.54, 1.807) is 5.06 Å².